The Morgan fingerprint density at radius 1 is 1.23 bits per heavy atom. The predicted molar refractivity (Wildman–Crippen MR) is 148 cm³/mol. The maximum absolute atomic E-state index is 13.7. The van der Waals surface area contributed by atoms with Crippen molar-refractivity contribution in [3.63, 3.8) is 0 Å². The highest BCUT2D eigenvalue weighted by Gasteiger charge is 2.48. The number of carbonyl (C=O) groups is 1. The zero-order valence-corrected chi connectivity index (χ0v) is 23.7. The van der Waals surface area contributed by atoms with Gasteiger partial charge in [-0.1, -0.05) is 48.6 Å². The lowest BCUT2D eigenvalue weighted by atomic mass is 10.0. The molecule has 43 heavy (non-hydrogen) atoms. The Morgan fingerprint density at radius 2 is 1.95 bits per heavy atom. The van der Waals surface area contributed by atoms with Gasteiger partial charge in [0, 0.05) is 24.8 Å². The summed E-state index contributed by atoms with van der Waals surface area (Å²) < 4.78 is 83.7. The van der Waals surface area contributed by atoms with Crippen LogP contribution in [0.3, 0.4) is 0 Å². The average Bonchev–Trinajstić information content (AvgIpc) is 3.73. The molecule has 1 saturated carbocycles. The minimum atomic E-state index is -5.35. The second-order valence-corrected chi connectivity index (χ2v) is 11.7. The number of hydrogen-bond donors (Lipinski definition) is 3. The zero-order chi connectivity index (χ0) is 31.1. The quantitative estimate of drug-likeness (QED) is 0.123. The van der Waals surface area contributed by atoms with E-state index in [0.717, 1.165) is 35.7 Å². The molecule has 0 bridgehead atoms. The summed E-state index contributed by atoms with van der Waals surface area (Å²) in [5.41, 5.74) is 1.07. The number of pyridine rings is 1. The van der Waals surface area contributed by atoms with E-state index in [9.17, 15) is 35.9 Å². The van der Waals surface area contributed by atoms with E-state index in [1.807, 2.05) is 0 Å². The van der Waals surface area contributed by atoms with Crippen molar-refractivity contribution < 1.29 is 31.1 Å². The molecule has 0 aromatic carbocycles. The van der Waals surface area contributed by atoms with Crippen LogP contribution in [-0.2, 0) is 18.8 Å². The number of amides is 1. The van der Waals surface area contributed by atoms with Crippen molar-refractivity contribution in [2.24, 2.45) is 16.6 Å². The third-order valence-corrected chi connectivity index (χ3v) is 8.96. The van der Waals surface area contributed by atoms with E-state index in [-0.39, 0.29) is 39.2 Å². The number of thiazole rings is 1. The van der Waals surface area contributed by atoms with E-state index < -0.39 is 58.6 Å². The van der Waals surface area contributed by atoms with Crippen molar-refractivity contribution in [2.75, 3.05) is 23.3 Å². The van der Waals surface area contributed by atoms with Gasteiger partial charge >= 0.3 is 12.4 Å². The van der Waals surface area contributed by atoms with Crippen molar-refractivity contribution in [3.8, 4) is 0 Å². The van der Waals surface area contributed by atoms with E-state index in [4.69, 9.17) is 12.3 Å². The number of alkyl halides is 6. The molecule has 2 aliphatic rings. The molecule has 18 heteroatoms. The van der Waals surface area contributed by atoms with Crippen LogP contribution >= 0.6 is 22.9 Å². The van der Waals surface area contributed by atoms with E-state index in [1.165, 1.54) is 12.8 Å². The fourth-order valence-corrected chi connectivity index (χ4v) is 6.91. The van der Waals surface area contributed by atoms with Gasteiger partial charge in [0.15, 0.2) is 0 Å². The van der Waals surface area contributed by atoms with Crippen LogP contribution in [0.2, 0.25) is 0 Å². The smallest absolute Gasteiger partial charge is 0.383 e. The number of fused-ring (bicyclic) bond motifs is 1. The second-order valence-electron chi connectivity index (χ2n) is 9.90. The highest BCUT2D eigenvalue weighted by Crippen LogP contribution is 2.46. The number of aromatic amines is 1. The number of hydrogen-bond acceptors (Lipinski definition) is 8. The molecule has 3 aromatic heterocycles. The highest BCUT2D eigenvalue weighted by molar-refractivity contribution is 7.18. The van der Waals surface area contributed by atoms with Gasteiger partial charge in [-0.25, -0.2) is 4.98 Å². The van der Waals surface area contributed by atoms with Gasteiger partial charge in [-0.2, -0.15) is 26.3 Å². The minimum Gasteiger partial charge on any atom is -0.383 e. The number of anilines is 3. The summed E-state index contributed by atoms with van der Waals surface area (Å²) >= 11 is 1.57. The van der Waals surface area contributed by atoms with Crippen LogP contribution < -0.4 is 21.5 Å². The number of aromatic nitrogens is 3. The molecule has 1 amide bonds. The van der Waals surface area contributed by atoms with Crippen LogP contribution in [-0.4, -0.2) is 39.2 Å². The van der Waals surface area contributed by atoms with E-state index in [1.54, 1.807) is 0 Å². The van der Waals surface area contributed by atoms with Crippen LogP contribution in [0.5, 0.6) is 0 Å². The number of rotatable bonds is 7. The van der Waals surface area contributed by atoms with Gasteiger partial charge < -0.3 is 15.9 Å². The lowest BCUT2D eigenvalue weighted by Gasteiger charge is -2.20. The van der Waals surface area contributed by atoms with Gasteiger partial charge in [0.25, 0.3) is 22.4 Å². The molecule has 4 N–H and O–H groups in total. The molecule has 228 valence electrons. The Hall–Kier alpha value is -3.98. The van der Waals surface area contributed by atoms with Gasteiger partial charge in [-0.3, -0.25) is 23.9 Å². The first kappa shape index (κ1) is 30.5. The Bertz CT molecular complexity index is 1680. The Kier molecular flexibility index (Phi) is 8.22. The summed E-state index contributed by atoms with van der Waals surface area (Å²) in [5, 5.41) is 3.07. The Morgan fingerprint density at radius 3 is 2.60 bits per heavy atom. The summed E-state index contributed by atoms with van der Waals surface area (Å²) in [4.78, 5) is 41.6. The summed E-state index contributed by atoms with van der Waals surface area (Å²) in [7, 11) is 0. The number of halogens is 6. The van der Waals surface area contributed by atoms with Crippen molar-refractivity contribution in [2.45, 2.75) is 50.9 Å². The maximum atomic E-state index is 13.7. The largest absolute Gasteiger partial charge is 0.418 e. The van der Waals surface area contributed by atoms with E-state index in [0.29, 0.717) is 23.8 Å². The molecule has 1 aliphatic carbocycles. The highest BCUT2D eigenvalue weighted by atomic mass is 32.1. The Labute approximate surface area is 247 Å². The molecule has 0 unspecified atom stereocenters. The molecule has 0 saturated heterocycles. The molecule has 0 radical (unpaired) electrons. The number of amidine groups is 1. The zero-order valence-electron chi connectivity index (χ0n) is 22.0. The van der Waals surface area contributed by atoms with Gasteiger partial charge in [-0.05, 0) is 30.3 Å². The molecule has 4 heterocycles. The maximum Gasteiger partial charge on any atom is 0.418 e. The normalized spacial score (nSPS) is 16.0. The fourth-order valence-electron chi connectivity index (χ4n) is 5.25. The van der Waals surface area contributed by atoms with Crippen LogP contribution in [0.15, 0.2) is 16.0 Å². The van der Waals surface area contributed by atoms with Gasteiger partial charge in [0.1, 0.15) is 27.1 Å². The van der Waals surface area contributed by atoms with Crippen molar-refractivity contribution in [3.05, 3.63) is 55.1 Å². The van der Waals surface area contributed by atoms with Crippen LogP contribution in [0.1, 0.15) is 64.0 Å². The number of aliphatic imine (C=N–C) groups is 1. The number of nitrogens with zero attached hydrogens (tertiary/aromatic N) is 5. The lowest BCUT2D eigenvalue weighted by Crippen LogP contribution is -2.29. The van der Waals surface area contributed by atoms with Crippen LogP contribution in [0, 0.1) is 12.5 Å². The first-order valence-electron chi connectivity index (χ1n) is 12.9. The average molecular weight is 645 g/mol. The van der Waals surface area contributed by atoms with Gasteiger partial charge in [-0.15, -0.1) is 0 Å². The van der Waals surface area contributed by atoms with Gasteiger partial charge in [0.05, 0.1) is 11.1 Å². The first-order chi connectivity index (χ1) is 20.3. The third kappa shape index (κ3) is 6.09. The lowest BCUT2D eigenvalue weighted by molar-refractivity contribution is -0.162. The van der Waals surface area contributed by atoms with Gasteiger partial charge in [0.2, 0.25) is 0 Å². The SMILES string of the molecule is [C-]#[N+]c1nc(Nc2s[nH]c(=O)c2C(N)=NCCC2CCCC2)sc1C(=O)N1CCc2c1ncc(C(F)(F)F)c2C(F)(F)F. The molecule has 10 nitrogen and oxygen atoms in total. The monoisotopic (exact) mass is 644 g/mol. The topological polar surface area (TPSA) is 134 Å². The second kappa shape index (κ2) is 11.6. The van der Waals surface area contributed by atoms with E-state index >= 15 is 0 Å². The fraction of sp³-hybridized carbons (Fsp3) is 0.440. The molecular formula is C25H22F6N8O2S2. The predicted octanol–water partition coefficient (Wildman–Crippen LogP) is 6.11. The molecule has 0 atom stereocenters. The number of H-pyrrole nitrogens is 1. The molecular weight excluding hydrogens is 622 g/mol. The molecule has 3 aromatic rings. The standard InChI is InChI=1S/C25H22F6N8O2S2/c1-33-18-16(22(41)39-9-7-12-15(25(29,30)31)13(24(26,27)28)10-35-19(12)39)42-23(36-18)37-21-14(20(40)38-43-21)17(32)34-8-6-11-4-2-3-5-11/h10-11H,2-9H2,(H2,32,34)(H,36,37)(H,38,40). The molecule has 0 spiro atoms. The van der Waals surface area contributed by atoms with Crippen LogP contribution in [0.4, 0.5) is 48.1 Å². The summed E-state index contributed by atoms with van der Waals surface area (Å²) in [6, 6.07) is 0. The van der Waals surface area contributed by atoms with Crippen molar-refractivity contribution in [1.82, 2.24) is 14.3 Å². The molecule has 1 aliphatic heterocycles. The van der Waals surface area contributed by atoms with Crippen molar-refractivity contribution in [1.29, 1.82) is 0 Å². The van der Waals surface area contributed by atoms with Crippen LogP contribution in [0.25, 0.3) is 4.85 Å². The summed E-state index contributed by atoms with van der Waals surface area (Å²) in [5.74, 6) is -1.35. The first-order valence-corrected chi connectivity index (χ1v) is 14.6. The number of carbonyl (C=O) groups excluding carboxylic acids is 1. The minimum absolute atomic E-state index is 0.000279. The number of nitrogens with two attached hydrogens (primary N) is 1. The summed E-state index contributed by atoms with van der Waals surface area (Å²) in [6.45, 7) is 7.50. The molecule has 1 fully saturated rings. The van der Waals surface area contributed by atoms with Crippen molar-refractivity contribution >= 4 is 56.4 Å². The Balaban J connectivity index is 1.40. The summed E-state index contributed by atoms with van der Waals surface area (Å²) in [6.07, 6.45) is -5.66. The number of nitrogens with one attached hydrogen (secondary N) is 2. The third-order valence-electron chi connectivity index (χ3n) is 7.21. The molecule has 5 rings (SSSR count). The van der Waals surface area contributed by atoms with E-state index in [2.05, 4.69) is 29.5 Å².